The molecule has 2 fully saturated rings. The van der Waals surface area contributed by atoms with Crippen LogP contribution >= 0.6 is 0 Å². The lowest BCUT2D eigenvalue weighted by atomic mass is 10.2. The molecular weight excluding hydrogens is 370 g/mol. The Labute approximate surface area is 170 Å². The zero-order chi connectivity index (χ0) is 20.1. The van der Waals surface area contributed by atoms with E-state index in [1.165, 1.54) is 0 Å². The zero-order valence-corrected chi connectivity index (χ0v) is 16.3. The summed E-state index contributed by atoms with van der Waals surface area (Å²) < 4.78 is 11.2. The Balaban J connectivity index is 1.26. The fraction of sp³-hybridized carbons (Fsp3) is 0.364. The van der Waals surface area contributed by atoms with E-state index >= 15 is 0 Å². The van der Waals surface area contributed by atoms with Crippen LogP contribution in [0.3, 0.4) is 0 Å². The minimum Gasteiger partial charge on any atom is -0.457 e. The van der Waals surface area contributed by atoms with Gasteiger partial charge >= 0.3 is 6.03 Å². The van der Waals surface area contributed by atoms with Gasteiger partial charge in [-0.2, -0.15) is 0 Å². The number of carbonyl (C=O) groups excluding carboxylic acids is 2. The molecule has 0 aliphatic carbocycles. The van der Waals surface area contributed by atoms with Crippen molar-refractivity contribution < 1.29 is 19.1 Å². The summed E-state index contributed by atoms with van der Waals surface area (Å²) in [6, 6.07) is 16.6. The first-order chi connectivity index (χ1) is 14.2. The Kier molecular flexibility index (Phi) is 5.95. The van der Waals surface area contributed by atoms with Crippen molar-refractivity contribution in [1.82, 2.24) is 9.80 Å². The minimum atomic E-state index is -0.299. The van der Waals surface area contributed by atoms with E-state index in [2.05, 4.69) is 5.32 Å². The summed E-state index contributed by atoms with van der Waals surface area (Å²) in [5.74, 6) is 1.52. The molecule has 0 spiro atoms. The molecule has 2 heterocycles. The predicted octanol–water partition coefficient (Wildman–Crippen LogP) is 3.33. The van der Waals surface area contributed by atoms with E-state index in [0.717, 1.165) is 18.6 Å². The van der Waals surface area contributed by atoms with E-state index in [-0.39, 0.29) is 18.0 Å². The van der Waals surface area contributed by atoms with Crippen LogP contribution in [0.25, 0.3) is 0 Å². The van der Waals surface area contributed by atoms with E-state index in [1.54, 1.807) is 9.80 Å². The van der Waals surface area contributed by atoms with Gasteiger partial charge in [0.25, 0.3) is 5.91 Å². The Hall–Kier alpha value is -3.06. The maximum atomic E-state index is 12.5. The molecule has 2 aliphatic heterocycles. The van der Waals surface area contributed by atoms with Crippen molar-refractivity contribution in [1.29, 1.82) is 0 Å². The van der Waals surface area contributed by atoms with Gasteiger partial charge in [-0.3, -0.25) is 4.79 Å². The number of carbonyl (C=O) groups is 2. The highest BCUT2D eigenvalue weighted by Crippen LogP contribution is 2.23. The highest BCUT2D eigenvalue weighted by Gasteiger charge is 2.31. The van der Waals surface area contributed by atoms with E-state index in [0.29, 0.717) is 44.2 Å². The van der Waals surface area contributed by atoms with Crippen molar-refractivity contribution in [2.24, 2.45) is 0 Å². The van der Waals surface area contributed by atoms with Gasteiger partial charge < -0.3 is 24.6 Å². The smallest absolute Gasteiger partial charge is 0.321 e. The SMILES string of the molecule is O=C(Nc1ccc(Oc2ccccc2)cc1)N1CCN(C(=O)C2CCCO2)CC1. The van der Waals surface area contributed by atoms with Gasteiger partial charge in [0.1, 0.15) is 17.6 Å². The van der Waals surface area contributed by atoms with Crippen LogP contribution in [0, 0.1) is 0 Å². The first kappa shape index (κ1) is 19.3. The molecule has 0 saturated carbocycles. The molecule has 152 valence electrons. The summed E-state index contributed by atoms with van der Waals surface area (Å²) in [4.78, 5) is 28.5. The number of amides is 3. The van der Waals surface area contributed by atoms with E-state index in [9.17, 15) is 9.59 Å². The van der Waals surface area contributed by atoms with Crippen LogP contribution in [0.1, 0.15) is 12.8 Å². The van der Waals surface area contributed by atoms with Gasteiger partial charge in [0.15, 0.2) is 0 Å². The Morgan fingerprint density at radius 1 is 0.897 bits per heavy atom. The molecular formula is C22H25N3O4. The molecule has 2 aliphatic rings. The molecule has 0 aromatic heterocycles. The molecule has 0 radical (unpaired) electrons. The lowest BCUT2D eigenvalue weighted by Crippen LogP contribution is -2.53. The number of nitrogens with zero attached hydrogens (tertiary/aromatic N) is 2. The van der Waals surface area contributed by atoms with Crippen LogP contribution in [0.2, 0.25) is 0 Å². The summed E-state index contributed by atoms with van der Waals surface area (Å²) in [7, 11) is 0. The van der Waals surface area contributed by atoms with Crippen LogP contribution in [0.4, 0.5) is 10.5 Å². The van der Waals surface area contributed by atoms with Gasteiger partial charge in [-0.25, -0.2) is 4.79 Å². The lowest BCUT2D eigenvalue weighted by molar-refractivity contribution is -0.142. The largest absolute Gasteiger partial charge is 0.457 e. The first-order valence-electron chi connectivity index (χ1n) is 9.98. The van der Waals surface area contributed by atoms with Gasteiger partial charge in [-0.05, 0) is 49.2 Å². The molecule has 0 bridgehead atoms. The van der Waals surface area contributed by atoms with Crippen LogP contribution in [-0.2, 0) is 9.53 Å². The number of urea groups is 1. The second-order valence-electron chi connectivity index (χ2n) is 7.18. The molecule has 29 heavy (non-hydrogen) atoms. The summed E-state index contributed by atoms with van der Waals surface area (Å²) in [5.41, 5.74) is 0.702. The molecule has 7 heteroatoms. The summed E-state index contributed by atoms with van der Waals surface area (Å²) in [6.07, 6.45) is 1.43. The number of nitrogens with one attached hydrogen (secondary N) is 1. The second kappa shape index (κ2) is 8.96. The Bertz CT molecular complexity index is 827. The Morgan fingerprint density at radius 3 is 2.21 bits per heavy atom. The van der Waals surface area contributed by atoms with Crippen molar-refractivity contribution in [2.45, 2.75) is 18.9 Å². The third-order valence-corrected chi connectivity index (χ3v) is 5.17. The zero-order valence-electron chi connectivity index (χ0n) is 16.3. The number of hydrogen-bond donors (Lipinski definition) is 1. The number of anilines is 1. The molecule has 1 unspecified atom stereocenters. The summed E-state index contributed by atoms with van der Waals surface area (Å²) in [5, 5.41) is 2.91. The number of hydrogen-bond acceptors (Lipinski definition) is 4. The number of benzene rings is 2. The normalized spacial score (nSPS) is 19.1. The highest BCUT2D eigenvalue weighted by atomic mass is 16.5. The van der Waals surface area contributed by atoms with Crippen molar-refractivity contribution in [3.8, 4) is 11.5 Å². The molecule has 2 saturated heterocycles. The van der Waals surface area contributed by atoms with Crippen LogP contribution < -0.4 is 10.1 Å². The maximum absolute atomic E-state index is 12.5. The average Bonchev–Trinajstić information content (AvgIpc) is 3.30. The minimum absolute atomic E-state index is 0.0524. The molecule has 1 N–H and O–H groups in total. The number of ether oxygens (including phenoxy) is 2. The number of piperazine rings is 1. The molecule has 2 aromatic rings. The predicted molar refractivity (Wildman–Crippen MR) is 109 cm³/mol. The van der Waals surface area contributed by atoms with Crippen molar-refractivity contribution in [3.05, 3.63) is 54.6 Å². The van der Waals surface area contributed by atoms with Gasteiger partial charge in [0, 0.05) is 38.5 Å². The fourth-order valence-corrected chi connectivity index (χ4v) is 3.54. The van der Waals surface area contributed by atoms with E-state index < -0.39 is 0 Å². The van der Waals surface area contributed by atoms with Crippen molar-refractivity contribution >= 4 is 17.6 Å². The second-order valence-corrected chi connectivity index (χ2v) is 7.18. The van der Waals surface area contributed by atoms with Crippen LogP contribution in [-0.4, -0.2) is 60.6 Å². The topological polar surface area (TPSA) is 71.1 Å². The third-order valence-electron chi connectivity index (χ3n) is 5.17. The molecule has 4 rings (SSSR count). The van der Waals surface area contributed by atoms with Gasteiger partial charge in [0.2, 0.25) is 0 Å². The standard InChI is InChI=1S/C22H25N3O4/c26-21(20-7-4-16-28-20)24-12-14-25(15-13-24)22(27)23-17-8-10-19(11-9-17)29-18-5-2-1-3-6-18/h1-3,5-6,8-11,20H,4,7,12-16H2,(H,23,27). The summed E-state index contributed by atoms with van der Waals surface area (Å²) in [6.45, 7) is 2.76. The molecule has 7 nitrogen and oxygen atoms in total. The highest BCUT2D eigenvalue weighted by molar-refractivity contribution is 5.89. The number of rotatable bonds is 4. The molecule has 3 amide bonds. The average molecular weight is 395 g/mol. The van der Waals surface area contributed by atoms with Crippen molar-refractivity contribution in [3.63, 3.8) is 0 Å². The number of para-hydroxylation sites is 1. The van der Waals surface area contributed by atoms with Gasteiger partial charge in [0.05, 0.1) is 0 Å². The van der Waals surface area contributed by atoms with Crippen LogP contribution in [0.15, 0.2) is 54.6 Å². The van der Waals surface area contributed by atoms with E-state index in [4.69, 9.17) is 9.47 Å². The van der Waals surface area contributed by atoms with Gasteiger partial charge in [-0.1, -0.05) is 18.2 Å². The summed E-state index contributed by atoms with van der Waals surface area (Å²) >= 11 is 0. The Morgan fingerprint density at radius 2 is 1.55 bits per heavy atom. The monoisotopic (exact) mass is 395 g/mol. The lowest BCUT2D eigenvalue weighted by Gasteiger charge is -2.35. The first-order valence-corrected chi connectivity index (χ1v) is 9.98. The van der Waals surface area contributed by atoms with Crippen LogP contribution in [0.5, 0.6) is 11.5 Å². The van der Waals surface area contributed by atoms with E-state index in [1.807, 2.05) is 54.6 Å². The molecule has 2 aromatic carbocycles. The van der Waals surface area contributed by atoms with Gasteiger partial charge in [-0.15, -0.1) is 0 Å². The third kappa shape index (κ3) is 4.86. The fourth-order valence-electron chi connectivity index (χ4n) is 3.54. The van der Waals surface area contributed by atoms with Crippen molar-refractivity contribution in [2.75, 3.05) is 38.1 Å². The quantitative estimate of drug-likeness (QED) is 0.862. The molecule has 1 atom stereocenters. The maximum Gasteiger partial charge on any atom is 0.321 e.